The Morgan fingerprint density at radius 3 is 2.38 bits per heavy atom. The van der Waals surface area contributed by atoms with Gasteiger partial charge in [0, 0.05) is 18.4 Å². The maximum absolute atomic E-state index is 11.6. The highest BCUT2D eigenvalue weighted by molar-refractivity contribution is 5.85. The fraction of sp³-hybridized carbons (Fsp3) is 0.833. The lowest BCUT2D eigenvalue weighted by Crippen LogP contribution is -2.36. The molecule has 0 aromatic rings. The summed E-state index contributed by atoms with van der Waals surface area (Å²) in [5, 5.41) is 2.62. The van der Waals surface area contributed by atoms with Crippen LogP contribution in [0.25, 0.3) is 0 Å². The second-order valence-electron chi connectivity index (χ2n) is 5.46. The van der Waals surface area contributed by atoms with E-state index in [9.17, 15) is 9.59 Å². The Morgan fingerprint density at radius 2 is 1.94 bits per heavy atom. The molecule has 0 aromatic carbocycles. The van der Waals surface area contributed by atoms with Crippen LogP contribution in [0.4, 0.5) is 4.79 Å². The van der Waals surface area contributed by atoms with Crippen LogP contribution in [0.15, 0.2) is 0 Å². The van der Waals surface area contributed by atoms with E-state index in [0.717, 1.165) is 12.8 Å². The lowest BCUT2D eigenvalue weighted by atomic mass is 10.0. The Morgan fingerprint density at radius 1 is 1.38 bits per heavy atom. The summed E-state index contributed by atoms with van der Waals surface area (Å²) in [6.07, 6.45) is 1.56. The Bertz CT molecular complexity index is 276. The molecule has 1 fully saturated rings. The Kier molecular flexibility index (Phi) is 3.94. The maximum Gasteiger partial charge on any atom is 0.407 e. The summed E-state index contributed by atoms with van der Waals surface area (Å²) >= 11 is 0. The van der Waals surface area contributed by atoms with Crippen LogP contribution in [0, 0.1) is 11.8 Å². The van der Waals surface area contributed by atoms with Crippen molar-refractivity contribution < 1.29 is 14.3 Å². The van der Waals surface area contributed by atoms with Gasteiger partial charge < -0.3 is 10.1 Å². The fourth-order valence-corrected chi connectivity index (χ4v) is 1.42. The van der Waals surface area contributed by atoms with Crippen molar-refractivity contribution in [2.45, 2.75) is 46.1 Å². The first kappa shape index (κ1) is 13.0. The highest BCUT2D eigenvalue weighted by atomic mass is 16.6. The van der Waals surface area contributed by atoms with Crippen LogP contribution in [-0.4, -0.2) is 24.0 Å². The summed E-state index contributed by atoms with van der Waals surface area (Å²) in [4.78, 5) is 22.9. The van der Waals surface area contributed by atoms with Gasteiger partial charge in [-0.1, -0.05) is 6.92 Å². The molecule has 0 radical (unpaired) electrons. The molecule has 16 heavy (non-hydrogen) atoms. The Labute approximate surface area is 96.7 Å². The maximum atomic E-state index is 11.6. The zero-order chi connectivity index (χ0) is 12.3. The third-order valence-corrected chi connectivity index (χ3v) is 2.42. The first-order chi connectivity index (χ1) is 7.29. The van der Waals surface area contributed by atoms with E-state index in [4.69, 9.17) is 4.74 Å². The van der Waals surface area contributed by atoms with E-state index in [0.29, 0.717) is 6.54 Å². The fourth-order valence-electron chi connectivity index (χ4n) is 1.42. The van der Waals surface area contributed by atoms with Crippen molar-refractivity contribution in [3.8, 4) is 0 Å². The van der Waals surface area contributed by atoms with Crippen molar-refractivity contribution in [2.75, 3.05) is 6.54 Å². The minimum Gasteiger partial charge on any atom is -0.444 e. The summed E-state index contributed by atoms with van der Waals surface area (Å²) in [5.41, 5.74) is -0.492. The lowest BCUT2D eigenvalue weighted by molar-refractivity contribution is -0.123. The lowest BCUT2D eigenvalue weighted by Gasteiger charge is -2.20. The van der Waals surface area contributed by atoms with Gasteiger partial charge in [-0.2, -0.15) is 0 Å². The van der Waals surface area contributed by atoms with E-state index in [1.54, 1.807) is 0 Å². The van der Waals surface area contributed by atoms with Crippen LogP contribution in [0.1, 0.15) is 40.5 Å². The molecule has 0 aromatic heterocycles. The van der Waals surface area contributed by atoms with Gasteiger partial charge in [-0.15, -0.1) is 0 Å². The molecule has 1 rings (SSSR count). The van der Waals surface area contributed by atoms with Crippen LogP contribution in [0.5, 0.6) is 0 Å². The molecule has 0 saturated heterocycles. The zero-order valence-electron chi connectivity index (χ0n) is 10.5. The van der Waals surface area contributed by atoms with Gasteiger partial charge in [0.25, 0.3) is 0 Å². The number of carbonyl (C=O) groups is 2. The topological polar surface area (TPSA) is 55.4 Å². The minimum absolute atomic E-state index is 0.111. The van der Waals surface area contributed by atoms with Crippen LogP contribution in [0.3, 0.4) is 0 Å². The largest absolute Gasteiger partial charge is 0.444 e. The molecule has 4 nitrogen and oxygen atoms in total. The van der Waals surface area contributed by atoms with E-state index in [1.165, 1.54) is 0 Å². The van der Waals surface area contributed by atoms with E-state index < -0.39 is 11.7 Å². The first-order valence-corrected chi connectivity index (χ1v) is 5.80. The third kappa shape index (κ3) is 4.64. The predicted molar refractivity (Wildman–Crippen MR) is 61.1 cm³/mol. The molecule has 0 bridgehead atoms. The van der Waals surface area contributed by atoms with E-state index in [2.05, 4.69) is 5.32 Å². The molecule has 0 aliphatic heterocycles. The van der Waals surface area contributed by atoms with Crippen molar-refractivity contribution in [3.63, 3.8) is 0 Å². The summed E-state index contributed by atoms with van der Waals surface area (Å²) in [6.45, 7) is 7.64. The number of Topliss-reactive ketones (excluding diaryl/α,β-unsaturated/α-hetero) is 1. The number of carbonyl (C=O) groups excluding carboxylic acids is 2. The molecule has 1 N–H and O–H groups in total. The number of alkyl carbamates (subject to hydrolysis) is 1. The summed E-state index contributed by atoms with van der Waals surface area (Å²) in [5.74, 6) is 0.395. The SMILES string of the molecule is CC(CNC(=O)OC(C)(C)C)C(=O)C1CC1. The molecule has 0 spiro atoms. The van der Waals surface area contributed by atoms with Crippen molar-refractivity contribution in [1.29, 1.82) is 0 Å². The van der Waals surface area contributed by atoms with Gasteiger partial charge in [0.15, 0.2) is 0 Å². The Balaban J connectivity index is 2.23. The summed E-state index contributed by atoms with van der Waals surface area (Å²) in [6, 6.07) is 0. The molecular weight excluding hydrogens is 206 g/mol. The highest BCUT2D eigenvalue weighted by Gasteiger charge is 2.32. The second-order valence-corrected chi connectivity index (χ2v) is 5.46. The minimum atomic E-state index is -0.492. The van der Waals surface area contributed by atoms with Gasteiger partial charge in [0.1, 0.15) is 11.4 Å². The quantitative estimate of drug-likeness (QED) is 0.800. The van der Waals surface area contributed by atoms with Crippen LogP contribution >= 0.6 is 0 Å². The molecular formula is C12H21NO3. The van der Waals surface area contributed by atoms with Gasteiger partial charge in [-0.3, -0.25) is 4.79 Å². The predicted octanol–water partition coefficient (Wildman–Crippen LogP) is 2.13. The Hall–Kier alpha value is -1.06. The second kappa shape index (κ2) is 4.85. The average molecular weight is 227 g/mol. The monoisotopic (exact) mass is 227 g/mol. The molecule has 4 heteroatoms. The van der Waals surface area contributed by atoms with Gasteiger partial charge in [0.2, 0.25) is 0 Å². The smallest absolute Gasteiger partial charge is 0.407 e. The van der Waals surface area contributed by atoms with Gasteiger partial charge in [-0.25, -0.2) is 4.79 Å². The number of amides is 1. The third-order valence-electron chi connectivity index (χ3n) is 2.42. The molecule has 1 unspecified atom stereocenters. The van der Waals surface area contributed by atoms with Crippen molar-refractivity contribution in [2.24, 2.45) is 11.8 Å². The van der Waals surface area contributed by atoms with Crippen molar-refractivity contribution in [1.82, 2.24) is 5.32 Å². The van der Waals surface area contributed by atoms with Gasteiger partial charge in [0.05, 0.1) is 0 Å². The molecule has 1 aliphatic rings. The van der Waals surface area contributed by atoms with E-state index in [1.807, 2.05) is 27.7 Å². The van der Waals surface area contributed by atoms with Crippen LogP contribution < -0.4 is 5.32 Å². The van der Waals surface area contributed by atoms with Crippen LogP contribution in [0.2, 0.25) is 0 Å². The standard InChI is InChI=1S/C12H21NO3/c1-8(10(14)9-5-6-9)7-13-11(15)16-12(2,3)4/h8-9H,5-7H2,1-4H3,(H,13,15). The molecule has 1 saturated carbocycles. The number of hydrogen-bond donors (Lipinski definition) is 1. The zero-order valence-corrected chi connectivity index (χ0v) is 10.5. The van der Waals surface area contributed by atoms with Gasteiger partial charge >= 0.3 is 6.09 Å². The number of ketones is 1. The summed E-state index contributed by atoms with van der Waals surface area (Å²) in [7, 11) is 0. The number of hydrogen-bond acceptors (Lipinski definition) is 3. The number of nitrogens with one attached hydrogen (secondary N) is 1. The van der Waals surface area contributed by atoms with E-state index in [-0.39, 0.29) is 17.6 Å². The van der Waals surface area contributed by atoms with E-state index >= 15 is 0 Å². The van der Waals surface area contributed by atoms with Crippen LogP contribution in [-0.2, 0) is 9.53 Å². The van der Waals surface area contributed by atoms with Gasteiger partial charge in [-0.05, 0) is 33.6 Å². The molecule has 1 atom stereocenters. The number of rotatable bonds is 4. The molecule has 92 valence electrons. The first-order valence-electron chi connectivity index (χ1n) is 5.80. The van der Waals surface area contributed by atoms with Crippen molar-refractivity contribution >= 4 is 11.9 Å². The number of ether oxygens (including phenoxy) is 1. The van der Waals surface area contributed by atoms with Crippen molar-refractivity contribution in [3.05, 3.63) is 0 Å². The molecule has 0 heterocycles. The summed E-state index contributed by atoms with van der Waals surface area (Å²) < 4.78 is 5.08. The molecule has 1 amide bonds. The molecule has 1 aliphatic carbocycles. The highest BCUT2D eigenvalue weighted by Crippen LogP contribution is 2.32. The average Bonchev–Trinajstić information content (AvgIpc) is 2.93. The normalized spacial score (nSPS) is 17.8.